The van der Waals surface area contributed by atoms with E-state index in [0.29, 0.717) is 12.1 Å². The second-order valence-electron chi connectivity index (χ2n) is 9.49. The topological polar surface area (TPSA) is 71.2 Å². The number of hydrogen-bond acceptors (Lipinski definition) is 4. The average Bonchev–Trinajstić information content (AvgIpc) is 3.31. The van der Waals surface area contributed by atoms with Gasteiger partial charge in [0.05, 0.1) is 29.4 Å². The van der Waals surface area contributed by atoms with Gasteiger partial charge in [-0.2, -0.15) is 5.10 Å². The minimum absolute atomic E-state index is 0.00517. The minimum Gasteiger partial charge on any atom is -0.396 e. The van der Waals surface area contributed by atoms with Gasteiger partial charge in [-0.05, 0) is 80.1 Å². The first kappa shape index (κ1) is 21.0. The van der Waals surface area contributed by atoms with Crippen LogP contribution in [0.15, 0.2) is 54.4 Å². The van der Waals surface area contributed by atoms with E-state index in [1.807, 2.05) is 29.9 Å². The van der Waals surface area contributed by atoms with E-state index < -0.39 is 11.5 Å². The molecule has 2 N–H and O–H groups in total. The number of aromatic nitrogens is 3. The van der Waals surface area contributed by atoms with Crippen LogP contribution in [-0.2, 0) is 6.42 Å². The quantitative estimate of drug-likeness (QED) is 0.619. The highest BCUT2D eigenvalue weighted by Crippen LogP contribution is 2.62. The number of aliphatic hydroxyl groups excluding tert-OH is 2. The van der Waals surface area contributed by atoms with Crippen molar-refractivity contribution in [3.8, 4) is 5.69 Å². The minimum atomic E-state index is -0.733. The first-order valence-corrected chi connectivity index (χ1v) is 11.1. The smallest absolute Gasteiger partial charge is 0.123 e. The fraction of sp³-hybridized carbons (Fsp3) is 0.385. The van der Waals surface area contributed by atoms with Gasteiger partial charge in [-0.3, -0.25) is 4.98 Å². The monoisotopic (exact) mass is 433 g/mol. The maximum atomic E-state index is 13.4. The normalized spacial score (nSPS) is 25.2. The number of rotatable bonds is 5. The lowest BCUT2D eigenvalue weighted by Crippen LogP contribution is -2.43. The van der Waals surface area contributed by atoms with E-state index in [0.717, 1.165) is 41.8 Å². The maximum Gasteiger partial charge on any atom is 0.123 e. The summed E-state index contributed by atoms with van der Waals surface area (Å²) in [7, 11) is 0. The zero-order chi connectivity index (χ0) is 22.5. The molecule has 2 aliphatic carbocycles. The fourth-order valence-corrected chi connectivity index (χ4v) is 5.77. The zero-order valence-electron chi connectivity index (χ0n) is 18.4. The summed E-state index contributed by atoms with van der Waals surface area (Å²) in [5, 5.41) is 26.3. The van der Waals surface area contributed by atoms with Gasteiger partial charge < -0.3 is 10.2 Å². The van der Waals surface area contributed by atoms with Gasteiger partial charge in [0.1, 0.15) is 5.82 Å². The van der Waals surface area contributed by atoms with Crippen molar-refractivity contribution in [3.05, 3.63) is 82.7 Å². The van der Waals surface area contributed by atoms with Crippen molar-refractivity contribution >= 4 is 6.08 Å². The highest BCUT2D eigenvalue weighted by atomic mass is 19.1. The third-order valence-corrected chi connectivity index (χ3v) is 7.82. The lowest BCUT2D eigenvalue weighted by atomic mass is 9.59. The summed E-state index contributed by atoms with van der Waals surface area (Å²) in [6, 6.07) is 10.2. The van der Waals surface area contributed by atoms with Gasteiger partial charge in [-0.15, -0.1) is 0 Å². The maximum absolute atomic E-state index is 13.4. The Hall–Kier alpha value is -2.83. The molecule has 0 saturated heterocycles. The number of halogens is 1. The van der Waals surface area contributed by atoms with Crippen molar-refractivity contribution in [2.45, 2.75) is 45.6 Å². The molecule has 1 saturated carbocycles. The molecular weight excluding hydrogens is 405 g/mol. The first-order valence-electron chi connectivity index (χ1n) is 11.1. The molecule has 5 rings (SSSR count). The summed E-state index contributed by atoms with van der Waals surface area (Å²) in [5.74, 6) is -0.272. The Morgan fingerprint density at radius 2 is 2.00 bits per heavy atom. The molecule has 1 aromatic carbocycles. The number of aryl methyl sites for hydroxylation is 1. The highest BCUT2D eigenvalue weighted by Gasteiger charge is 2.56. The van der Waals surface area contributed by atoms with Crippen molar-refractivity contribution in [2.75, 3.05) is 6.61 Å². The van der Waals surface area contributed by atoms with Gasteiger partial charge >= 0.3 is 0 Å². The van der Waals surface area contributed by atoms with Crippen LogP contribution in [0.4, 0.5) is 4.39 Å². The lowest BCUT2D eigenvalue weighted by molar-refractivity contribution is -0.0151. The SMILES string of the molecule is Cc1cccnc1C(O)C[C@]1(CO)CCC2=Cc3c(cnn3-c3ccc(F)cc3)C[C@@]21C. The number of benzene rings is 1. The lowest BCUT2D eigenvalue weighted by Gasteiger charge is -2.46. The molecule has 0 radical (unpaired) electrons. The molecule has 0 bridgehead atoms. The fourth-order valence-electron chi connectivity index (χ4n) is 5.77. The molecule has 6 heteroatoms. The number of allylic oxidation sites excluding steroid dienone is 1. The second-order valence-corrected chi connectivity index (χ2v) is 9.49. The summed E-state index contributed by atoms with van der Waals surface area (Å²) >= 11 is 0. The van der Waals surface area contributed by atoms with Crippen molar-refractivity contribution in [3.63, 3.8) is 0 Å². The predicted molar refractivity (Wildman–Crippen MR) is 121 cm³/mol. The molecule has 0 amide bonds. The molecule has 2 aliphatic rings. The van der Waals surface area contributed by atoms with Crippen LogP contribution >= 0.6 is 0 Å². The second kappa shape index (κ2) is 7.64. The third-order valence-electron chi connectivity index (χ3n) is 7.82. The Kier molecular flexibility index (Phi) is 5.02. The number of aliphatic hydroxyl groups is 2. The van der Waals surface area contributed by atoms with Crippen molar-refractivity contribution in [1.29, 1.82) is 0 Å². The van der Waals surface area contributed by atoms with Gasteiger partial charge in [0, 0.05) is 23.6 Å². The predicted octanol–water partition coefficient (Wildman–Crippen LogP) is 4.56. The first-order chi connectivity index (χ1) is 15.4. The molecule has 3 aromatic rings. The average molecular weight is 434 g/mol. The largest absolute Gasteiger partial charge is 0.396 e. The van der Waals surface area contributed by atoms with Crippen LogP contribution in [0.5, 0.6) is 0 Å². The summed E-state index contributed by atoms with van der Waals surface area (Å²) in [6.45, 7) is 4.17. The van der Waals surface area contributed by atoms with E-state index in [1.54, 1.807) is 18.3 Å². The van der Waals surface area contributed by atoms with Crippen molar-refractivity contribution in [1.82, 2.24) is 14.8 Å². The van der Waals surface area contributed by atoms with E-state index in [-0.39, 0.29) is 17.8 Å². The van der Waals surface area contributed by atoms with Crippen LogP contribution in [0.1, 0.15) is 54.8 Å². The molecule has 166 valence electrons. The molecule has 1 unspecified atom stereocenters. The molecule has 2 heterocycles. The number of fused-ring (bicyclic) bond motifs is 2. The number of hydrogen-bond donors (Lipinski definition) is 2. The summed E-state index contributed by atoms with van der Waals surface area (Å²) in [4.78, 5) is 4.41. The van der Waals surface area contributed by atoms with Crippen molar-refractivity contribution in [2.24, 2.45) is 10.8 Å². The molecule has 3 atom stereocenters. The Bertz CT molecular complexity index is 1190. The Morgan fingerprint density at radius 3 is 2.72 bits per heavy atom. The molecule has 1 fully saturated rings. The number of pyridine rings is 1. The molecule has 0 spiro atoms. The Labute approximate surface area is 187 Å². The molecular formula is C26H28FN3O2. The van der Waals surface area contributed by atoms with Crippen LogP contribution in [0.25, 0.3) is 11.8 Å². The molecule has 5 nitrogen and oxygen atoms in total. The summed E-state index contributed by atoms with van der Waals surface area (Å²) < 4.78 is 15.2. The van der Waals surface area contributed by atoms with E-state index in [1.165, 1.54) is 17.7 Å². The Morgan fingerprint density at radius 1 is 1.22 bits per heavy atom. The van der Waals surface area contributed by atoms with E-state index in [4.69, 9.17) is 0 Å². The van der Waals surface area contributed by atoms with Gasteiger partial charge in [0.25, 0.3) is 0 Å². The van der Waals surface area contributed by atoms with Gasteiger partial charge in [-0.1, -0.05) is 18.6 Å². The van der Waals surface area contributed by atoms with Gasteiger partial charge in [0.2, 0.25) is 0 Å². The van der Waals surface area contributed by atoms with E-state index in [9.17, 15) is 14.6 Å². The summed E-state index contributed by atoms with van der Waals surface area (Å²) in [6.07, 6.45) is 7.89. The van der Waals surface area contributed by atoms with Crippen LogP contribution < -0.4 is 0 Å². The number of nitrogens with zero attached hydrogens (tertiary/aromatic N) is 3. The standard InChI is InChI=1S/C26H28FN3O2/c1-17-4-3-11-28-24(17)23(32)14-26(16-31)10-9-19-12-22-18(13-25(19,26)2)15-29-30(22)21-7-5-20(27)6-8-21/h3-8,11-12,15,23,31-32H,9-10,13-14,16H2,1-2H3/t23?,25-,26-/m0/s1. The summed E-state index contributed by atoms with van der Waals surface area (Å²) in [5.41, 5.74) is 5.11. The van der Waals surface area contributed by atoms with E-state index in [2.05, 4.69) is 23.1 Å². The van der Waals surface area contributed by atoms with Crippen LogP contribution in [0, 0.1) is 23.6 Å². The van der Waals surface area contributed by atoms with Gasteiger partial charge in [-0.25, -0.2) is 9.07 Å². The highest BCUT2D eigenvalue weighted by molar-refractivity contribution is 5.62. The van der Waals surface area contributed by atoms with E-state index >= 15 is 0 Å². The van der Waals surface area contributed by atoms with Gasteiger partial charge in [0.15, 0.2) is 0 Å². The van der Waals surface area contributed by atoms with Crippen LogP contribution in [0.3, 0.4) is 0 Å². The van der Waals surface area contributed by atoms with Crippen LogP contribution in [0.2, 0.25) is 0 Å². The molecule has 0 aliphatic heterocycles. The van der Waals surface area contributed by atoms with Crippen LogP contribution in [-0.4, -0.2) is 31.6 Å². The Balaban J connectivity index is 1.50. The third kappa shape index (κ3) is 3.12. The molecule has 2 aromatic heterocycles. The van der Waals surface area contributed by atoms with Crippen molar-refractivity contribution < 1.29 is 14.6 Å². The molecule has 32 heavy (non-hydrogen) atoms. The zero-order valence-corrected chi connectivity index (χ0v) is 18.4.